The second kappa shape index (κ2) is 11.0. The van der Waals surface area contributed by atoms with E-state index < -0.39 is 11.8 Å². The van der Waals surface area contributed by atoms with E-state index in [0.29, 0.717) is 35.6 Å². The number of fused-ring (bicyclic) bond motifs is 1. The Morgan fingerprint density at radius 3 is 1.33 bits per heavy atom. The zero-order chi connectivity index (χ0) is 25.4. The van der Waals surface area contributed by atoms with Crippen LogP contribution in [0.25, 0.3) is 0 Å². The van der Waals surface area contributed by atoms with Gasteiger partial charge < -0.3 is 0 Å². The van der Waals surface area contributed by atoms with Gasteiger partial charge in [0, 0.05) is 48.9 Å². The van der Waals surface area contributed by atoms with Gasteiger partial charge in [-0.2, -0.15) is 0 Å². The number of halogens is 4. The fourth-order valence-electron chi connectivity index (χ4n) is 3.45. The summed E-state index contributed by atoms with van der Waals surface area (Å²) in [5.74, 6) is -0.853. The monoisotopic (exact) mass is 651 g/mol. The van der Waals surface area contributed by atoms with E-state index in [0.717, 1.165) is 24.5 Å². The molecule has 0 spiro atoms. The number of carbonyl (C=O) groups is 2. The van der Waals surface area contributed by atoms with E-state index in [9.17, 15) is 9.59 Å². The van der Waals surface area contributed by atoms with E-state index >= 15 is 0 Å². The van der Waals surface area contributed by atoms with Crippen molar-refractivity contribution < 1.29 is 9.59 Å². The number of rotatable bonds is 6. The Hall–Kier alpha value is -1.58. The van der Waals surface area contributed by atoms with Crippen LogP contribution in [0.4, 0.5) is 0 Å². The molecule has 4 aromatic carbocycles. The summed E-state index contributed by atoms with van der Waals surface area (Å²) in [4.78, 5) is 31.0. The molecule has 3 nitrogen and oxygen atoms in total. The molecule has 1 heterocycles. The standard InChI is InChI=1S/C26H13BrCl3NO2S3/c27-21-19-20(26(33)31-25(19)32)22(34-16-7-1-13(28)2-8-16)24(36-18-11-5-15(30)6-12-18)23(21)35-17-9-3-14(29)4-10-17/h1-12H,(H,31,32,33). The van der Waals surface area contributed by atoms with Gasteiger partial charge in [0.1, 0.15) is 0 Å². The van der Waals surface area contributed by atoms with E-state index in [1.165, 1.54) is 35.3 Å². The van der Waals surface area contributed by atoms with Gasteiger partial charge in [-0.25, -0.2) is 0 Å². The lowest BCUT2D eigenvalue weighted by Crippen LogP contribution is -2.20. The van der Waals surface area contributed by atoms with Crippen LogP contribution >= 0.6 is 86.0 Å². The molecule has 0 bridgehead atoms. The van der Waals surface area contributed by atoms with Crippen molar-refractivity contribution in [2.45, 2.75) is 29.4 Å². The second-order valence-corrected chi connectivity index (χ2v) is 12.9. The summed E-state index contributed by atoms with van der Waals surface area (Å²) in [6.45, 7) is 0. The highest BCUT2D eigenvalue weighted by Crippen LogP contribution is 2.52. The van der Waals surface area contributed by atoms with Gasteiger partial charge in [0.2, 0.25) is 0 Å². The lowest BCUT2D eigenvalue weighted by molar-refractivity contribution is 0.0878. The summed E-state index contributed by atoms with van der Waals surface area (Å²) in [6.07, 6.45) is 0. The molecule has 4 aromatic rings. The summed E-state index contributed by atoms with van der Waals surface area (Å²) in [5, 5.41) is 4.34. The quantitative estimate of drug-likeness (QED) is 0.210. The third-order valence-corrected chi connectivity index (χ3v) is 10.5. The van der Waals surface area contributed by atoms with Crippen molar-refractivity contribution in [2.75, 3.05) is 0 Å². The fourth-order valence-corrected chi connectivity index (χ4v) is 8.14. The number of hydrogen-bond acceptors (Lipinski definition) is 5. The van der Waals surface area contributed by atoms with Crippen LogP contribution in [-0.2, 0) is 0 Å². The first-order valence-electron chi connectivity index (χ1n) is 10.4. The van der Waals surface area contributed by atoms with Gasteiger partial charge in [-0.1, -0.05) is 70.1 Å². The Kier molecular flexibility index (Phi) is 7.98. The summed E-state index contributed by atoms with van der Waals surface area (Å²) in [6, 6.07) is 22.3. The highest BCUT2D eigenvalue weighted by Gasteiger charge is 2.37. The Labute approximate surface area is 243 Å². The van der Waals surface area contributed by atoms with Crippen LogP contribution in [0.15, 0.2) is 107 Å². The van der Waals surface area contributed by atoms with E-state index in [4.69, 9.17) is 34.8 Å². The molecular formula is C26H13BrCl3NO2S3. The molecule has 1 N–H and O–H groups in total. The van der Waals surface area contributed by atoms with Gasteiger partial charge in [-0.3, -0.25) is 14.9 Å². The van der Waals surface area contributed by atoms with Crippen LogP contribution in [-0.4, -0.2) is 11.8 Å². The van der Waals surface area contributed by atoms with Crippen molar-refractivity contribution in [3.63, 3.8) is 0 Å². The Morgan fingerprint density at radius 2 is 0.889 bits per heavy atom. The molecule has 0 saturated carbocycles. The molecule has 0 unspecified atom stereocenters. The van der Waals surface area contributed by atoms with Gasteiger partial charge in [-0.05, 0) is 88.7 Å². The molecular weight excluding hydrogens is 641 g/mol. The molecule has 180 valence electrons. The average molecular weight is 654 g/mol. The van der Waals surface area contributed by atoms with Gasteiger partial charge >= 0.3 is 0 Å². The first-order chi connectivity index (χ1) is 17.3. The second-order valence-electron chi connectivity index (χ2n) is 7.50. The number of imide groups is 1. The van der Waals surface area contributed by atoms with Crippen LogP contribution in [0.5, 0.6) is 0 Å². The summed E-state index contributed by atoms with van der Waals surface area (Å²) >= 11 is 26.4. The van der Waals surface area contributed by atoms with Crippen LogP contribution in [0.3, 0.4) is 0 Å². The van der Waals surface area contributed by atoms with Crippen LogP contribution in [0, 0.1) is 0 Å². The summed E-state index contributed by atoms with van der Waals surface area (Å²) in [7, 11) is 0. The van der Waals surface area contributed by atoms with Crippen molar-refractivity contribution in [3.8, 4) is 0 Å². The normalized spacial score (nSPS) is 12.6. The largest absolute Gasteiger partial charge is 0.288 e. The van der Waals surface area contributed by atoms with Crippen LogP contribution in [0.1, 0.15) is 20.7 Å². The highest BCUT2D eigenvalue weighted by molar-refractivity contribution is 9.10. The Balaban J connectivity index is 1.74. The van der Waals surface area contributed by atoms with Gasteiger partial charge in [-0.15, -0.1) is 0 Å². The van der Waals surface area contributed by atoms with Crippen molar-refractivity contribution in [1.29, 1.82) is 0 Å². The third-order valence-electron chi connectivity index (χ3n) is 5.09. The minimum atomic E-state index is -0.430. The smallest absolute Gasteiger partial charge is 0.260 e. The number of amides is 2. The number of carbonyl (C=O) groups excluding carboxylic acids is 2. The molecule has 10 heteroatoms. The Morgan fingerprint density at radius 1 is 0.528 bits per heavy atom. The Bertz CT molecular complexity index is 1500. The first-order valence-corrected chi connectivity index (χ1v) is 14.7. The van der Waals surface area contributed by atoms with Crippen LogP contribution < -0.4 is 5.32 Å². The minimum absolute atomic E-state index is 0.327. The van der Waals surface area contributed by atoms with E-state index in [1.807, 2.05) is 60.7 Å². The molecule has 0 saturated heterocycles. The molecule has 1 aliphatic rings. The fraction of sp³-hybridized carbons (Fsp3) is 0. The maximum atomic E-state index is 13.0. The SMILES string of the molecule is O=C1NC(=O)c2c(Sc3ccc(Cl)cc3)c(Sc3ccc(Cl)cc3)c(Sc3ccc(Cl)cc3)c(Br)c21. The molecule has 5 rings (SSSR count). The molecule has 0 aromatic heterocycles. The number of hydrogen-bond donors (Lipinski definition) is 1. The average Bonchev–Trinajstić information content (AvgIpc) is 3.16. The van der Waals surface area contributed by atoms with Crippen molar-refractivity contribution in [1.82, 2.24) is 5.32 Å². The molecule has 0 aliphatic carbocycles. The van der Waals surface area contributed by atoms with Gasteiger partial charge in [0.25, 0.3) is 11.8 Å². The summed E-state index contributed by atoms with van der Waals surface area (Å²) < 4.78 is 0.567. The predicted molar refractivity (Wildman–Crippen MR) is 153 cm³/mol. The highest BCUT2D eigenvalue weighted by atomic mass is 79.9. The van der Waals surface area contributed by atoms with Crippen molar-refractivity contribution in [2.24, 2.45) is 0 Å². The van der Waals surface area contributed by atoms with E-state index in [1.54, 1.807) is 12.1 Å². The minimum Gasteiger partial charge on any atom is -0.288 e. The molecule has 36 heavy (non-hydrogen) atoms. The van der Waals surface area contributed by atoms with Gasteiger partial charge in [0.15, 0.2) is 0 Å². The molecule has 1 aliphatic heterocycles. The van der Waals surface area contributed by atoms with Gasteiger partial charge in [0.05, 0.1) is 11.1 Å². The summed E-state index contributed by atoms with van der Waals surface area (Å²) in [5.41, 5.74) is 0.678. The molecule has 0 fully saturated rings. The van der Waals surface area contributed by atoms with E-state index in [-0.39, 0.29) is 0 Å². The lowest BCUT2D eigenvalue weighted by atomic mass is 10.1. The molecule has 0 atom stereocenters. The topological polar surface area (TPSA) is 46.2 Å². The number of benzene rings is 4. The maximum absolute atomic E-state index is 13.0. The predicted octanol–water partition coefficient (Wildman–Crippen LogP) is 9.75. The third kappa shape index (κ3) is 5.48. The molecule has 0 radical (unpaired) electrons. The van der Waals surface area contributed by atoms with E-state index in [2.05, 4.69) is 21.2 Å². The first kappa shape index (κ1) is 26.0. The lowest BCUT2D eigenvalue weighted by Gasteiger charge is -2.19. The van der Waals surface area contributed by atoms with Crippen molar-refractivity contribution >= 4 is 97.8 Å². The zero-order valence-corrected chi connectivity index (χ0v) is 24.3. The maximum Gasteiger partial charge on any atom is 0.260 e. The molecule has 2 amide bonds. The van der Waals surface area contributed by atoms with Crippen LogP contribution in [0.2, 0.25) is 15.1 Å². The van der Waals surface area contributed by atoms with Crippen molar-refractivity contribution in [3.05, 3.63) is 103 Å². The zero-order valence-electron chi connectivity index (χ0n) is 18.0. The number of nitrogens with one attached hydrogen (secondary N) is 1.